The molecule has 0 atom stereocenters. The highest BCUT2D eigenvalue weighted by Crippen LogP contribution is 2.27. The van der Waals surface area contributed by atoms with Crippen LogP contribution in [0.4, 0.5) is 5.69 Å². The van der Waals surface area contributed by atoms with E-state index in [-0.39, 0.29) is 0 Å². The van der Waals surface area contributed by atoms with Crippen LogP contribution in [0.1, 0.15) is 5.56 Å². The van der Waals surface area contributed by atoms with Crippen LogP contribution >= 0.6 is 11.6 Å². The first kappa shape index (κ1) is 7.04. The number of nitrogens with zero attached hydrogens (tertiary/aromatic N) is 2. The summed E-state index contributed by atoms with van der Waals surface area (Å²) in [5.41, 5.74) is 1.33. The molecule has 0 amide bonds. The van der Waals surface area contributed by atoms with E-state index in [0.29, 0.717) is 10.7 Å². The lowest BCUT2D eigenvalue weighted by atomic mass is 10.2. The van der Waals surface area contributed by atoms with Crippen LogP contribution < -0.4 is 0 Å². The third kappa shape index (κ3) is 1.09. The predicted octanol–water partition coefficient (Wildman–Crippen LogP) is 3.13. The first-order chi connectivity index (χ1) is 4.75. The number of diazo groups is 1. The summed E-state index contributed by atoms with van der Waals surface area (Å²) in [7, 11) is 0. The van der Waals surface area contributed by atoms with Crippen LogP contribution in [0.5, 0.6) is 0 Å². The van der Waals surface area contributed by atoms with Crippen molar-refractivity contribution in [3.8, 4) is 0 Å². The Balaban J connectivity index is 3.31. The van der Waals surface area contributed by atoms with Gasteiger partial charge in [-0.25, -0.2) is 0 Å². The molecule has 0 radical (unpaired) electrons. The highest BCUT2D eigenvalue weighted by molar-refractivity contribution is 6.34. The van der Waals surface area contributed by atoms with Gasteiger partial charge < -0.3 is 0 Å². The molecule has 0 aliphatic rings. The lowest BCUT2D eigenvalue weighted by molar-refractivity contribution is 1.43. The van der Waals surface area contributed by atoms with Crippen molar-refractivity contribution in [2.45, 2.75) is 6.92 Å². The molecular weight excluding hydrogens is 148 g/mol. The van der Waals surface area contributed by atoms with Crippen LogP contribution in [0.25, 0.3) is 4.98 Å². The molecular formula is C7H6ClN2+. The average molecular weight is 154 g/mol. The van der Waals surface area contributed by atoms with Crippen molar-refractivity contribution in [1.82, 2.24) is 0 Å². The van der Waals surface area contributed by atoms with E-state index in [1.165, 1.54) is 0 Å². The molecule has 1 aromatic rings. The average Bonchev–Trinajstić information content (AvgIpc) is 1.95. The lowest BCUT2D eigenvalue weighted by Crippen LogP contribution is -1.71. The van der Waals surface area contributed by atoms with Crippen molar-refractivity contribution in [2.24, 2.45) is 0 Å². The van der Waals surface area contributed by atoms with E-state index in [4.69, 9.17) is 17.0 Å². The fourth-order valence-electron chi connectivity index (χ4n) is 0.709. The SMILES string of the molecule is Cc1cccc([N+]#N)c1Cl. The van der Waals surface area contributed by atoms with Crippen molar-refractivity contribution in [1.29, 1.82) is 5.39 Å². The number of hydrogen-bond donors (Lipinski definition) is 0. The van der Waals surface area contributed by atoms with Crippen LogP contribution in [0.15, 0.2) is 18.2 Å². The zero-order valence-electron chi connectivity index (χ0n) is 5.50. The van der Waals surface area contributed by atoms with Crippen LogP contribution in [0, 0.1) is 12.3 Å². The zero-order chi connectivity index (χ0) is 7.56. The van der Waals surface area contributed by atoms with Crippen LogP contribution in [0.3, 0.4) is 0 Å². The molecule has 10 heavy (non-hydrogen) atoms. The van der Waals surface area contributed by atoms with Gasteiger partial charge in [-0.1, -0.05) is 23.7 Å². The van der Waals surface area contributed by atoms with Gasteiger partial charge in [0.1, 0.15) is 5.02 Å². The first-order valence-electron chi connectivity index (χ1n) is 2.86. The maximum atomic E-state index is 8.38. The molecule has 0 unspecified atom stereocenters. The maximum Gasteiger partial charge on any atom is 0.403 e. The van der Waals surface area contributed by atoms with Gasteiger partial charge in [-0.15, -0.1) is 0 Å². The summed E-state index contributed by atoms with van der Waals surface area (Å²) in [5.74, 6) is 0. The van der Waals surface area contributed by atoms with E-state index in [1.54, 1.807) is 12.1 Å². The van der Waals surface area contributed by atoms with Gasteiger partial charge in [0, 0.05) is 6.07 Å². The number of halogens is 1. The molecule has 3 heteroatoms. The molecule has 0 bridgehead atoms. The van der Waals surface area contributed by atoms with Crippen molar-refractivity contribution in [3.63, 3.8) is 0 Å². The van der Waals surface area contributed by atoms with Crippen molar-refractivity contribution < 1.29 is 0 Å². The van der Waals surface area contributed by atoms with Gasteiger partial charge in [-0.05, 0) is 12.5 Å². The summed E-state index contributed by atoms with van der Waals surface area (Å²) in [6, 6.07) is 5.29. The fraction of sp³-hybridized carbons (Fsp3) is 0.143. The highest BCUT2D eigenvalue weighted by atomic mass is 35.5. The van der Waals surface area contributed by atoms with E-state index in [9.17, 15) is 0 Å². The summed E-state index contributed by atoms with van der Waals surface area (Å²) in [5, 5.41) is 8.89. The minimum Gasteiger partial charge on any atom is -0.0752 e. The normalized spacial score (nSPS) is 8.90. The van der Waals surface area contributed by atoms with Crippen LogP contribution in [-0.4, -0.2) is 0 Å². The fourth-order valence-corrected chi connectivity index (χ4v) is 0.873. The van der Waals surface area contributed by atoms with E-state index >= 15 is 0 Å². The lowest BCUT2D eigenvalue weighted by Gasteiger charge is -1.88. The van der Waals surface area contributed by atoms with Gasteiger partial charge in [0.15, 0.2) is 4.98 Å². The quantitative estimate of drug-likeness (QED) is 0.527. The minimum absolute atomic E-state index is 0.418. The maximum absolute atomic E-state index is 8.38. The highest BCUT2D eigenvalue weighted by Gasteiger charge is 2.11. The van der Waals surface area contributed by atoms with E-state index < -0.39 is 0 Å². The molecule has 1 rings (SSSR count). The van der Waals surface area contributed by atoms with E-state index in [0.717, 1.165) is 5.56 Å². The Labute approximate surface area is 64.1 Å². The van der Waals surface area contributed by atoms with Crippen molar-refractivity contribution in [3.05, 3.63) is 33.8 Å². The Morgan fingerprint density at radius 2 is 2.20 bits per heavy atom. The zero-order valence-corrected chi connectivity index (χ0v) is 6.26. The van der Waals surface area contributed by atoms with Gasteiger partial charge in [-0.3, -0.25) is 0 Å². The predicted molar refractivity (Wildman–Crippen MR) is 40.9 cm³/mol. The molecule has 50 valence electrons. The monoisotopic (exact) mass is 153 g/mol. The third-order valence-electron chi connectivity index (χ3n) is 1.28. The summed E-state index contributed by atoms with van der Waals surface area (Å²) >= 11 is 5.74. The Morgan fingerprint density at radius 3 is 2.70 bits per heavy atom. The molecule has 0 heterocycles. The largest absolute Gasteiger partial charge is 0.403 e. The molecule has 0 fully saturated rings. The summed E-state index contributed by atoms with van der Waals surface area (Å²) in [6.45, 7) is 1.86. The second-order valence-corrected chi connectivity index (χ2v) is 2.39. The molecule has 0 saturated heterocycles. The van der Waals surface area contributed by atoms with E-state index in [1.807, 2.05) is 13.0 Å². The Kier molecular flexibility index (Phi) is 1.88. The van der Waals surface area contributed by atoms with Gasteiger partial charge in [0.2, 0.25) is 5.39 Å². The van der Waals surface area contributed by atoms with Crippen molar-refractivity contribution >= 4 is 17.3 Å². The number of benzene rings is 1. The van der Waals surface area contributed by atoms with Crippen LogP contribution in [-0.2, 0) is 0 Å². The smallest absolute Gasteiger partial charge is 0.0752 e. The second kappa shape index (κ2) is 2.68. The molecule has 0 aromatic heterocycles. The van der Waals surface area contributed by atoms with Gasteiger partial charge in [0.25, 0.3) is 0 Å². The standard InChI is InChI=1S/C7H6ClN2/c1-5-3-2-4-6(10-9)7(5)8/h2-4H,1H3/q+1. The Hall–Kier alpha value is -1.07. The van der Waals surface area contributed by atoms with E-state index in [2.05, 4.69) is 4.98 Å². The topological polar surface area (TPSA) is 28.1 Å². The summed E-state index contributed by atoms with van der Waals surface area (Å²) in [4.78, 5) is 3.00. The minimum atomic E-state index is 0.418. The van der Waals surface area contributed by atoms with Gasteiger partial charge in [0.05, 0.1) is 0 Å². The summed E-state index contributed by atoms with van der Waals surface area (Å²) < 4.78 is 0. The Morgan fingerprint density at radius 1 is 1.50 bits per heavy atom. The van der Waals surface area contributed by atoms with Gasteiger partial charge in [-0.2, -0.15) is 0 Å². The molecule has 0 aliphatic carbocycles. The summed E-state index contributed by atoms with van der Waals surface area (Å²) in [6.07, 6.45) is 0. The number of rotatable bonds is 0. The second-order valence-electron chi connectivity index (χ2n) is 2.01. The molecule has 0 N–H and O–H groups in total. The molecule has 0 spiro atoms. The van der Waals surface area contributed by atoms with Gasteiger partial charge >= 0.3 is 5.69 Å². The number of hydrogen-bond acceptors (Lipinski definition) is 1. The first-order valence-corrected chi connectivity index (χ1v) is 3.23. The number of aryl methyl sites for hydroxylation is 1. The molecule has 0 saturated carbocycles. The Bertz CT molecular complexity index is 288. The third-order valence-corrected chi connectivity index (χ3v) is 1.77. The molecule has 1 aromatic carbocycles. The van der Waals surface area contributed by atoms with Crippen LogP contribution in [0.2, 0.25) is 5.02 Å². The molecule has 2 nitrogen and oxygen atoms in total. The molecule has 0 aliphatic heterocycles. The van der Waals surface area contributed by atoms with Crippen molar-refractivity contribution in [2.75, 3.05) is 0 Å².